The summed E-state index contributed by atoms with van der Waals surface area (Å²) in [6.45, 7) is 3.88. The molecule has 0 saturated heterocycles. The van der Waals surface area contributed by atoms with Gasteiger partial charge in [-0.1, -0.05) is 13.8 Å². The molecule has 1 aromatic rings. The van der Waals surface area contributed by atoms with Crippen molar-refractivity contribution in [3.05, 3.63) is 35.1 Å². The molecule has 3 nitrogen and oxygen atoms in total. The van der Waals surface area contributed by atoms with Gasteiger partial charge in [0, 0.05) is 12.1 Å². The molecular formula is C11H12F3NO2. The van der Waals surface area contributed by atoms with Gasteiger partial charge in [-0.05, 0) is 5.92 Å². The predicted molar refractivity (Wildman–Crippen MR) is 54.6 cm³/mol. The number of nitrogens with one attached hydrogen (secondary N) is 1. The van der Waals surface area contributed by atoms with Crippen LogP contribution in [-0.4, -0.2) is 12.5 Å². The van der Waals surface area contributed by atoms with Crippen LogP contribution in [0.25, 0.3) is 0 Å². The maximum absolute atomic E-state index is 13.2. The molecule has 0 aliphatic heterocycles. The first-order valence-corrected chi connectivity index (χ1v) is 4.98. The lowest BCUT2D eigenvalue weighted by Gasteiger charge is -2.09. The average molecular weight is 247 g/mol. The number of benzene rings is 1. The van der Waals surface area contributed by atoms with Crippen LogP contribution in [0.5, 0.6) is 0 Å². The van der Waals surface area contributed by atoms with Gasteiger partial charge in [0.05, 0.1) is 6.61 Å². The van der Waals surface area contributed by atoms with Gasteiger partial charge in [-0.25, -0.2) is 18.7 Å². The number of carbonyl (C=O) groups excluding carboxylic acids is 1. The van der Waals surface area contributed by atoms with Gasteiger partial charge in [0.25, 0.3) is 5.91 Å². The van der Waals surface area contributed by atoms with E-state index in [2.05, 4.69) is 0 Å². The Labute approximate surface area is 96.5 Å². The third-order valence-corrected chi connectivity index (χ3v) is 1.82. The Bertz CT molecular complexity index is 398. The zero-order chi connectivity index (χ0) is 13.0. The molecule has 0 spiro atoms. The van der Waals surface area contributed by atoms with E-state index in [1.165, 1.54) is 0 Å². The van der Waals surface area contributed by atoms with Crippen LogP contribution in [0.2, 0.25) is 0 Å². The molecule has 17 heavy (non-hydrogen) atoms. The van der Waals surface area contributed by atoms with Gasteiger partial charge in [-0.2, -0.15) is 0 Å². The first kappa shape index (κ1) is 13.5. The topological polar surface area (TPSA) is 38.3 Å². The standard InChI is InChI=1S/C11H12F3NO2/c1-6(2)5-17-15-11(16)10-8(13)3-7(12)4-9(10)14/h3-4,6H,5H2,1-2H3,(H,15,16). The third-order valence-electron chi connectivity index (χ3n) is 1.82. The second-order valence-corrected chi connectivity index (χ2v) is 3.88. The van der Waals surface area contributed by atoms with E-state index in [0.29, 0.717) is 12.1 Å². The molecule has 6 heteroatoms. The number of rotatable bonds is 4. The van der Waals surface area contributed by atoms with Gasteiger partial charge in [0.15, 0.2) is 0 Å². The fraction of sp³-hybridized carbons (Fsp3) is 0.364. The number of amides is 1. The molecule has 0 bridgehead atoms. The number of carbonyl (C=O) groups is 1. The van der Waals surface area contributed by atoms with Crippen LogP contribution in [0.1, 0.15) is 24.2 Å². The number of hydrogen-bond donors (Lipinski definition) is 1. The molecule has 0 unspecified atom stereocenters. The zero-order valence-corrected chi connectivity index (χ0v) is 9.39. The fourth-order valence-electron chi connectivity index (χ4n) is 1.08. The van der Waals surface area contributed by atoms with Crippen molar-refractivity contribution in [3.8, 4) is 0 Å². The Balaban J connectivity index is 2.76. The summed E-state index contributed by atoms with van der Waals surface area (Å²) < 4.78 is 38.9. The monoisotopic (exact) mass is 247 g/mol. The van der Waals surface area contributed by atoms with E-state index in [4.69, 9.17) is 4.84 Å². The van der Waals surface area contributed by atoms with E-state index in [-0.39, 0.29) is 12.5 Å². The van der Waals surface area contributed by atoms with E-state index in [0.717, 1.165) is 0 Å². The molecule has 0 saturated carbocycles. The van der Waals surface area contributed by atoms with Crippen molar-refractivity contribution < 1.29 is 22.8 Å². The molecule has 0 aliphatic rings. The second-order valence-electron chi connectivity index (χ2n) is 3.88. The predicted octanol–water partition coefficient (Wildman–Crippen LogP) is 2.42. The average Bonchev–Trinajstić information content (AvgIpc) is 2.14. The molecule has 0 atom stereocenters. The Morgan fingerprint density at radius 1 is 1.29 bits per heavy atom. The normalized spacial score (nSPS) is 10.7. The van der Waals surface area contributed by atoms with Crippen molar-refractivity contribution in [3.63, 3.8) is 0 Å². The molecule has 1 N–H and O–H groups in total. The van der Waals surface area contributed by atoms with Crippen LogP contribution >= 0.6 is 0 Å². The molecular weight excluding hydrogens is 235 g/mol. The highest BCUT2D eigenvalue weighted by Crippen LogP contribution is 2.14. The van der Waals surface area contributed by atoms with E-state index in [1.807, 2.05) is 19.3 Å². The molecule has 0 aromatic heterocycles. The van der Waals surface area contributed by atoms with Gasteiger partial charge in [0.2, 0.25) is 0 Å². The van der Waals surface area contributed by atoms with Crippen molar-refractivity contribution in [1.82, 2.24) is 5.48 Å². The van der Waals surface area contributed by atoms with Crippen LogP contribution in [0.15, 0.2) is 12.1 Å². The highest BCUT2D eigenvalue weighted by Gasteiger charge is 2.19. The Morgan fingerprint density at radius 2 is 1.82 bits per heavy atom. The molecule has 94 valence electrons. The summed E-state index contributed by atoms with van der Waals surface area (Å²) in [5.74, 6) is -4.56. The molecule has 1 amide bonds. The van der Waals surface area contributed by atoms with Crippen molar-refractivity contribution in [2.75, 3.05) is 6.61 Å². The molecule has 0 heterocycles. The third kappa shape index (κ3) is 3.74. The highest BCUT2D eigenvalue weighted by atomic mass is 19.1. The van der Waals surface area contributed by atoms with Gasteiger partial charge in [0.1, 0.15) is 23.0 Å². The summed E-state index contributed by atoms with van der Waals surface area (Å²) in [5.41, 5.74) is 1.02. The first-order chi connectivity index (χ1) is 7.91. The van der Waals surface area contributed by atoms with Gasteiger partial charge >= 0.3 is 0 Å². The Hall–Kier alpha value is -1.56. The molecule has 0 radical (unpaired) electrons. The van der Waals surface area contributed by atoms with Gasteiger partial charge in [-0.15, -0.1) is 0 Å². The van der Waals surface area contributed by atoms with Crippen molar-refractivity contribution in [1.29, 1.82) is 0 Å². The maximum Gasteiger partial charge on any atom is 0.280 e. The molecule has 1 aromatic carbocycles. The highest BCUT2D eigenvalue weighted by molar-refractivity contribution is 5.94. The van der Waals surface area contributed by atoms with Crippen molar-refractivity contribution in [2.24, 2.45) is 5.92 Å². The SMILES string of the molecule is CC(C)CONC(=O)c1c(F)cc(F)cc1F. The zero-order valence-electron chi connectivity index (χ0n) is 9.39. The lowest BCUT2D eigenvalue weighted by Crippen LogP contribution is -2.27. The van der Waals surface area contributed by atoms with Crippen molar-refractivity contribution >= 4 is 5.91 Å². The first-order valence-electron chi connectivity index (χ1n) is 4.98. The molecule has 1 rings (SSSR count). The Morgan fingerprint density at radius 3 is 2.29 bits per heavy atom. The number of halogens is 3. The van der Waals surface area contributed by atoms with Crippen LogP contribution in [0.4, 0.5) is 13.2 Å². The largest absolute Gasteiger partial charge is 0.280 e. The minimum Gasteiger partial charge on any atom is -0.273 e. The second kappa shape index (κ2) is 5.67. The van der Waals surface area contributed by atoms with E-state index in [9.17, 15) is 18.0 Å². The van der Waals surface area contributed by atoms with E-state index >= 15 is 0 Å². The number of hydrogen-bond acceptors (Lipinski definition) is 2. The summed E-state index contributed by atoms with van der Waals surface area (Å²) in [6, 6.07) is 0.862. The summed E-state index contributed by atoms with van der Waals surface area (Å²) in [5, 5.41) is 0. The quantitative estimate of drug-likeness (QED) is 0.830. The van der Waals surface area contributed by atoms with Crippen LogP contribution < -0.4 is 5.48 Å². The van der Waals surface area contributed by atoms with Gasteiger partial charge < -0.3 is 0 Å². The van der Waals surface area contributed by atoms with E-state index < -0.39 is 28.9 Å². The minimum absolute atomic E-state index is 0.151. The van der Waals surface area contributed by atoms with Crippen molar-refractivity contribution in [2.45, 2.75) is 13.8 Å². The van der Waals surface area contributed by atoms with Crippen LogP contribution in [0.3, 0.4) is 0 Å². The van der Waals surface area contributed by atoms with E-state index in [1.54, 1.807) is 0 Å². The lowest BCUT2D eigenvalue weighted by atomic mass is 10.2. The van der Waals surface area contributed by atoms with Gasteiger partial charge in [-0.3, -0.25) is 9.63 Å². The number of hydroxylamine groups is 1. The van der Waals surface area contributed by atoms with Crippen LogP contribution in [-0.2, 0) is 4.84 Å². The molecule has 0 aliphatic carbocycles. The lowest BCUT2D eigenvalue weighted by molar-refractivity contribution is 0.0202. The summed E-state index contributed by atoms with van der Waals surface area (Å²) in [7, 11) is 0. The Kier molecular flexibility index (Phi) is 4.51. The summed E-state index contributed by atoms with van der Waals surface area (Å²) in [6.07, 6.45) is 0. The summed E-state index contributed by atoms with van der Waals surface area (Å²) in [4.78, 5) is 16.1. The fourth-order valence-corrected chi connectivity index (χ4v) is 1.08. The maximum atomic E-state index is 13.2. The summed E-state index contributed by atoms with van der Waals surface area (Å²) >= 11 is 0. The van der Waals surface area contributed by atoms with Crippen LogP contribution in [0, 0.1) is 23.4 Å². The minimum atomic E-state index is -1.27. The smallest absolute Gasteiger partial charge is 0.273 e. The molecule has 0 fully saturated rings.